The number of hydrogen-bond donors (Lipinski definition) is 2. The Labute approximate surface area is 276 Å². The smallest absolute Gasteiger partial charge is 0.338 e. The zero-order valence-corrected chi connectivity index (χ0v) is 25.7. The molecule has 6 rings (SSSR count). The lowest BCUT2D eigenvalue weighted by Crippen LogP contribution is -2.07. The van der Waals surface area contributed by atoms with Crippen LogP contribution in [0, 0.1) is 0 Å². The molecule has 0 radical (unpaired) electrons. The van der Waals surface area contributed by atoms with E-state index in [1.165, 1.54) is 12.1 Å². The Kier molecular flexibility index (Phi) is 9.64. The summed E-state index contributed by atoms with van der Waals surface area (Å²) < 4.78 is 77.3. The molecule has 0 aliphatic heterocycles. The van der Waals surface area contributed by atoms with Gasteiger partial charge in [-0.25, -0.2) is 19.9 Å². The minimum absolute atomic E-state index is 0.0622. The van der Waals surface area contributed by atoms with Crippen LogP contribution >= 0.6 is 46.4 Å². The summed E-state index contributed by atoms with van der Waals surface area (Å²) in [7, 11) is 0. The molecule has 2 N–H and O–H groups in total. The van der Waals surface area contributed by atoms with Crippen molar-refractivity contribution in [3.8, 4) is 0 Å². The van der Waals surface area contributed by atoms with Crippen molar-refractivity contribution in [3.63, 3.8) is 0 Å². The van der Waals surface area contributed by atoms with Crippen molar-refractivity contribution in [1.29, 1.82) is 0 Å². The second kappa shape index (κ2) is 13.3. The maximum atomic E-state index is 12.9. The van der Waals surface area contributed by atoms with Crippen molar-refractivity contribution in [2.45, 2.75) is 12.4 Å². The normalized spacial score (nSPS) is 11.7. The minimum atomic E-state index is -4.55. The van der Waals surface area contributed by atoms with Gasteiger partial charge in [0.2, 0.25) is 0 Å². The van der Waals surface area contributed by atoms with Crippen LogP contribution in [0.5, 0.6) is 0 Å². The van der Waals surface area contributed by atoms with Crippen LogP contribution in [0.25, 0.3) is 22.1 Å². The van der Waals surface area contributed by atoms with Gasteiger partial charge in [-0.05, 0) is 60.7 Å². The molecule has 46 heavy (non-hydrogen) atoms. The Balaban J connectivity index is 0.000000181. The SMILES string of the molecule is FC(F)(F)c1cc(Nc2nc3ccccc3nc2Cl)ccc1Cl.FC(F)(F)c1cc(Nc2nc3ccccc3nc2Cl)ccc1Cl. The van der Waals surface area contributed by atoms with Gasteiger partial charge in [0.1, 0.15) is 0 Å². The number of anilines is 4. The van der Waals surface area contributed by atoms with Gasteiger partial charge in [0.05, 0.1) is 43.2 Å². The first-order chi connectivity index (χ1) is 21.7. The number of fused-ring (bicyclic) bond motifs is 2. The van der Waals surface area contributed by atoms with E-state index in [0.29, 0.717) is 22.1 Å². The number of alkyl halides is 6. The summed E-state index contributed by atoms with van der Waals surface area (Å²) in [5.41, 5.74) is 0.781. The Morgan fingerprint density at radius 2 is 0.783 bits per heavy atom. The molecule has 0 saturated carbocycles. The monoisotopic (exact) mass is 714 g/mol. The van der Waals surface area contributed by atoms with E-state index >= 15 is 0 Å². The molecular formula is C30H16Cl4F6N6. The number of rotatable bonds is 4. The zero-order chi connectivity index (χ0) is 33.2. The number of para-hydroxylation sites is 4. The van der Waals surface area contributed by atoms with Crippen LogP contribution < -0.4 is 10.6 Å². The average Bonchev–Trinajstić information content (AvgIpc) is 2.99. The average molecular weight is 716 g/mol. The number of aromatic nitrogens is 4. The molecule has 0 aliphatic carbocycles. The van der Waals surface area contributed by atoms with Crippen LogP contribution in [-0.2, 0) is 12.4 Å². The molecule has 236 valence electrons. The van der Waals surface area contributed by atoms with E-state index in [9.17, 15) is 26.3 Å². The van der Waals surface area contributed by atoms with E-state index in [-0.39, 0.29) is 43.4 Å². The van der Waals surface area contributed by atoms with E-state index in [4.69, 9.17) is 46.4 Å². The molecule has 0 atom stereocenters. The van der Waals surface area contributed by atoms with Crippen molar-refractivity contribution < 1.29 is 26.3 Å². The molecule has 0 spiro atoms. The fourth-order valence-electron chi connectivity index (χ4n) is 4.03. The van der Waals surface area contributed by atoms with Crippen LogP contribution in [0.15, 0.2) is 84.9 Å². The lowest BCUT2D eigenvalue weighted by molar-refractivity contribution is -0.138. The molecule has 0 saturated heterocycles. The highest BCUT2D eigenvalue weighted by Gasteiger charge is 2.34. The lowest BCUT2D eigenvalue weighted by atomic mass is 10.2. The van der Waals surface area contributed by atoms with Gasteiger partial charge in [-0.2, -0.15) is 26.3 Å². The van der Waals surface area contributed by atoms with Gasteiger partial charge in [0, 0.05) is 11.4 Å². The van der Waals surface area contributed by atoms with Gasteiger partial charge in [-0.15, -0.1) is 0 Å². The van der Waals surface area contributed by atoms with Crippen LogP contribution in [0.3, 0.4) is 0 Å². The van der Waals surface area contributed by atoms with Crippen molar-refractivity contribution in [2.24, 2.45) is 0 Å². The summed E-state index contributed by atoms with van der Waals surface area (Å²) in [6, 6.07) is 21.0. The highest BCUT2D eigenvalue weighted by Crippen LogP contribution is 2.38. The highest BCUT2D eigenvalue weighted by molar-refractivity contribution is 6.33. The van der Waals surface area contributed by atoms with Crippen molar-refractivity contribution in [2.75, 3.05) is 10.6 Å². The molecule has 4 aromatic carbocycles. The molecule has 0 bridgehead atoms. The second-order valence-electron chi connectivity index (χ2n) is 9.34. The van der Waals surface area contributed by atoms with E-state index in [2.05, 4.69) is 30.6 Å². The highest BCUT2D eigenvalue weighted by atomic mass is 35.5. The summed E-state index contributed by atoms with van der Waals surface area (Å²) >= 11 is 23.2. The number of hydrogen-bond acceptors (Lipinski definition) is 6. The molecule has 0 aliphatic rings. The summed E-state index contributed by atoms with van der Waals surface area (Å²) in [5, 5.41) is 4.85. The third-order valence-electron chi connectivity index (χ3n) is 6.13. The predicted octanol–water partition coefficient (Wildman–Crippen LogP) is 11.4. The Hall–Kier alpha value is -4.10. The molecule has 2 heterocycles. The zero-order valence-electron chi connectivity index (χ0n) is 22.7. The number of nitrogens with one attached hydrogen (secondary N) is 2. The molecule has 16 heteroatoms. The van der Waals surface area contributed by atoms with Gasteiger partial charge in [-0.1, -0.05) is 70.7 Å². The van der Waals surface area contributed by atoms with Crippen molar-refractivity contribution in [3.05, 3.63) is 116 Å². The van der Waals surface area contributed by atoms with Crippen molar-refractivity contribution in [1.82, 2.24) is 19.9 Å². The first-order valence-corrected chi connectivity index (χ1v) is 14.3. The lowest BCUT2D eigenvalue weighted by Gasteiger charge is -2.12. The molecule has 6 aromatic rings. The molecule has 0 amide bonds. The van der Waals surface area contributed by atoms with Gasteiger partial charge in [-0.3, -0.25) is 0 Å². The van der Waals surface area contributed by atoms with E-state index in [1.54, 1.807) is 48.5 Å². The van der Waals surface area contributed by atoms with Gasteiger partial charge in [0.25, 0.3) is 0 Å². The molecular weight excluding hydrogens is 700 g/mol. The van der Waals surface area contributed by atoms with Gasteiger partial charge < -0.3 is 10.6 Å². The van der Waals surface area contributed by atoms with Crippen LogP contribution in [0.4, 0.5) is 49.4 Å². The minimum Gasteiger partial charge on any atom is -0.338 e. The van der Waals surface area contributed by atoms with Crippen molar-refractivity contribution >= 4 is 91.5 Å². The van der Waals surface area contributed by atoms with E-state index in [1.807, 2.05) is 0 Å². The Morgan fingerprint density at radius 1 is 0.457 bits per heavy atom. The number of halogens is 10. The molecule has 0 fully saturated rings. The fraction of sp³-hybridized carbons (Fsp3) is 0.0667. The summed E-state index contributed by atoms with van der Waals surface area (Å²) in [4.78, 5) is 16.8. The fourth-order valence-corrected chi connectivity index (χ4v) is 4.84. The van der Waals surface area contributed by atoms with Gasteiger partial charge in [0.15, 0.2) is 21.9 Å². The molecule has 0 unspecified atom stereocenters. The van der Waals surface area contributed by atoms with Crippen LogP contribution in [-0.4, -0.2) is 19.9 Å². The van der Waals surface area contributed by atoms with E-state index in [0.717, 1.165) is 24.3 Å². The third-order valence-corrected chi connectivity index (χ3v) is 7.31. The predicted molar refractivity (Wildman–Crippen MR) is 169 cm³/mol. The Morgan fingerprint density at radius 3 is 1.11 bits per heavy atom. The summed E-state index contributed by atoms with van der Waals surface area (Å²) in [6.45, 7) is 0. The third kappa shape index (κ3) is 7.81. The number of nitrogens with zero attached hydrogens (tertiary/aromatic N) is 4. The number of benzene rings is 4. The van der Waals surface area contributed by atoms with Gasteiger partial charge >= 0.3 is 12.4 Å². The molecule has 2 aromatic heterocycles. The second-order valence-corrected chi connectivity index (χ2v) is 10.9. The molecule has 6 nitrogen and oxygen atoms in total. The standard InChI is InChI=1S/2C15H8Cl2F3N3/c2*16-10-6-5-8(7-9(10)15(18,19)20)21-14-13(17)22-11-3-1-2-4-12(11)23-14/h2*1-7H,(H,21,23). The summed E-state index contributed by atoms with van der Waals surface area (Å²) in [6.07, 6.45) is -9.10. The first-order valence-electron chi connectivity index (χ1n) is 12.8. The summed E-state index contributed by atoms with van der Waals surface area (Å²) in [5.74, 6) is 0.335. The largest absolute Gasteiger partial charge is 0.417 e. The first kappa shape index (κ1) is 33.3. The van der Waals surface area contributed by atoms with E-state index < -0.39 is 23.5 Å². The van der Waals surface area contributed by atoms with Crippen LogP contribution in [0.1, 0.15) is 11.1 Å². The topological polar surface area (TPSA) is 75.6 Å². The maximum Gasteiger partial charge on any atom is 0.417 e. The van der Waals surface area contributed by atoms with Crippen LogP contribution in [0.2, 0.25) is 20.4 Å². The maximum absolute atomic E-state index is 12.9. The Bertz CT molecular complexity index is 1910. The quantitative estimate of drug-likeness (QED) is 0.177.